The Bertz CT molecular complexity index is 451. The van der Waals surface area contributed by atoms with Gasteiger partial charge in [0.1, 0.15) is 0 Å². The summed E-state index contributed by atoms with van der Waals surface area (Å²) in [6.45, 7) is 4.12. The summed E-state index contributed by atoms with van der Waals surface area (Å²) in [6.07, 6.45) is 5.41. The Morgan fingerprint density at radius 1 is 1.25 bits per heavy atom. The molecule has 0 bridgehead atoms. The van der Waals surface area contributed by atoms with Crippen molar-refractivity contribution in [3.8, 4) is 0 Å². The van der Waals surface area contributed by atoms with Crippen LogP contribution in [0.5, 0.6) is 0 Å². The van der Waals surface area contributed by atoms with E-state index in [9.17, 15) is 8.42 Å². The summed E-state index contributed by atoms with van der Waals surface area (Å²) in [5, 5.41) is 7.58. The largest absolute Gasteiger partial charge is 0.387 e. The lowest BCUT2D eigenvalue weighted by atomic mass is 9.94. The first kappa shape index (κ1) is 15.7. The number of hydrogen-bond donors (Lipinski definition) is 2. The molecule has 0 aliphatic carbocycles. The fraction of sp³-hybridized carbons (Fsp3) is 0.923. The van der Waals surface area contributed by atoms with E-state index in [0.29, 0.717) is 19.0 Å². The highest BCUT2D eigenvalue weighted by molar-refractivity contribution is 7.88. The van der Waals surface area contributed by atoms with Crippen LogP contribution in [0.25, 0.3) is 0 Å². The van der Waals surface area contributed by atoms with Gasteiger partial charge in [0.25, 0.3) is 0 Å². The van der Waals surface area contributed by atoms with Crippen molar-refractivity contribution in [1.29, 1.82) is 5.41 Å². The van der Waals surface area contributed by atoms with Crippen molar-refractivity contribution in [2.24, 2.45) is 17.6 Å². The van der Waals surface area contributed by atoms with E-state index in [0.717, 1.165) is 45.3 Å². The third kappa shape index (κ3) is 4.17. The minimum Gasteiger partial charge on any atom is -0.387 e. The molecular weight excluding hydrogens is 276 g/mol. The molecule has 2 heterocycles. The first-order chi connectivity index (χ1) is 9.36. The summed E-state index contributed by atoms with van der Waals surface area (Å²) in [4.78, 5) is 2.35. The Morgan fingerprint density at radius 2 is 1.95 bits per heavy atom. The molecule has 2 fully saturated rings. The summed E-state index contributed by atoms with van der Waals surface area (Å²) in [6, 6.07) is 0. The van der Waals surface area contributed by atoms with Crippen molar-refractivity contribution >= 4 is 15.9 Å². The summed E-state index contributed by atoms with van der Waals surface area (Å²) >= 11 is 0. The average Bonchev–Trinajstić information content (AvgIpc) is 2.38. The zero-order valence-corrected chi connectivity index (χ0v) is 13.0. The number of amidine groups is 1. The maximum atomic E-state index is 11.6. The Balaban J connectivity index is 1.88. The smallest absolute Gasteiger partial charge is 0.211 e. The third-order valence-electron chi connectivity index (χ3n) is 4.41. The summed E-state index contributed by atoms with van der Waals surface area (Å²) in [5.41, 5.74) is 5.61. The lowest BCUT2D eigenvalue weighted by Gasteiger charge is -2.37. The first-order valence-electron chi connectivity index (χ1n) is 7.37. The summed E-state index contributed by atoms with van der Waals surface area (Å²) < 4.78 is 24.9. The second-order valence-corrected chi connectivity index (χ2v) is 8.17. The molecule has 0 radical (unpaired) electrons. The number of piperidine rings is 2. The van der Waals surface area contributed by atoms with Crippen LogP contribution in [0, 0.1) is 17.2 Å². The van der Waals surface area contributed by atoms with E-state index < -0.39 is 10.0 Å². The minimum absolute atomic E-state index is 0.179. The monoisotopic (exact) mass is 302 g/mol. The standard InChI is InChI=1S/C13H26N4O2S/c1-20(18,19)17-7-2-4-11(9-17)8-16-6-3-5-12(10-16)13(14)15/h11-12H,2-10H2,1H3,(H3,14,15). The summed E-state index contributed by atoms with van der Waals surface area (Å²) in [7, 11) is -3.06. The molecule has 2 atom stereocenters. The van der Waals surface area contributed by atoms with Crippen LogP contribution >= 0.6 is 0 Å². The van der Waals surface area contributed by atoms with Crippen LogP contribution in [-0.2, 0) is 10.0 Å². The first-order valence-corrected chi connectivity index (χ1v) is 9.22. The van der Waals surface area contributed by atoms with Gasteiger partial charge >= 0.3 is 0 Å². The molecule has 20 heavy (non-hydrogen) atoms. The van der Waals surface area contributed by atoms with Crippen molar-refractivity contribution in [1.82, 2.24) is 9.21 Å². The highest BCUT2D eigenvalue weighted by Gasteiger charge is 2.29. The number of nitrogens with two attached hydrogens (primary N) is 1. The van der Waals surface area contributed by atoms with Crippen LogP contribution in [0.2, 0.25) is 0 Å². The van der Waals surface area contributed by atoms with Crippen LogP contribution < -0.4 is 5.73 Å². The average molecular weight is 302 g/mol. The molecule has 7 heteroatoms. The molecule has 0 aromatic carbocycles. The number of rotatable bonds is 4. The van der Waals surface area contributed by atoms with Gasteiger partial charge in [0.15, 0.2) is 0 Å². The van der Waals surface area contributed by atoms with Crippen molar-refractivity contribution in [3.05, 3.63) is 0 Å². The topological polar surface area (TPSA) is 90.5 Å². The number of sulfonamides is 1. The van der Waals surface area contributed by atoms with Crippen LogP contribution in [0.4, 0.5) is 0 Å². The van der Waals surface area contributed by atoms with Gasteiger partial charge in [-0.3, -0.25) is 5.41 Å². The maximum absolute atomic E-state index is 11.6. The molecule has 0 aromatic heterocycles. The summed E-state index contributed by atoms with van der Waals surface area (Å²) in [5.74, 6) is 0.874. The number of hydrogen-bond acceptors (Lipinski definition) is 4. The van der Waals surface area contributed by atoms with Crippen LogP contribution in [0.15, 0.2) is 0 Å². The van der Waals surface area contributed by atoms with E-state index in [2.05, 4.69) is 4.90 Å². The lowest BCUT2D eigenvalue weighted by Crippen LogP contribution is -2.47. The molecule has 0 aromatic rings. The Hall–Kier alpha value is -0.660. The van der Waals surface area contributed by atoms with Gasteiger partial charge < -0.3 is 10.6 Å². The molecule has 3 N–H and O–H groups in total. The molecule has 0 saturated carbocycles. The molecule has 2 aliphatic rings. The fourth-order valence-corrected chi connectivity index (χ4v) is 4.26. The highest BCUT2D eigenvalue weighted by atomic mass is 32.2. The molecule has 2 unspecified atom stereocenters. The van der Waals surface area contributed by atoms with E-state index in [4.69, 9.17) is 11.1 Å². The Labute approximate surface area is 121 Å². The van der Waals surface area contributed by atoms with Crippen molar-refractivity contribution in [2.75, 3.05) is 39.0 Å². The molecule has 0 amide bonds. The number of likely N-dealkylation sites (tertiary alicyclic amines) is 1. The zero-order chi connectivity index (χ0) is 14.8. The molecule has 2 saturated heterocycles. The number of nitrogens with zero attached hydrogens (tertiary/aromatic N) is 2. The van der Waals surface area contributed by atoms with Gasteiger partial charge in [-0.15, -0.1) is 0 Å². The van der Waals surface area contributed by atoms with Gasteiger partial charge in [0.2, 0.25) is 10.0 Å². The Morgan fingerprint density at radius 3 is 2.60 bits per heavy atom. The predicted octanol–water partition coefficient (Wildman–Crippen LogP) is 0.306. The molecule has 116 valence electrons. The molecule has 2 aliphatic heterocycles. The van der Waals surface area contributed by atoms with Crippen LogP contribution in [-0.4, -0.2) is 62.4 Å². The second-order valence-electron chi connectivity index (χ2n) is 6.18. The van der Waals surface area contributed by atoms with Crippen molar-refractivity contribution < 1.29 is 8.42 Å². The lowest BCUT2D eigenvalue weighted by molar-refractivity contribution is 0.145. The fourth-order valence-electron chi connectivity index (χ4n) is 3.32. The van der Waals surface area contributed by atoms with E-state index in [1.165, 1.54) is 6.26 Å². The Kier molecular flexibility index (Phi) is 5.04. The predicted molar refractivity (Wildman–Crippen MR) is 80.2 cm³/mol. The van der Waals surface area contributed by atoms with Gasteiger partial charge in [-0.05, 0) is 38.1 Å². The van der Waals surface area contributed by atoms with Crippen LogP contribution in [0.1, 0.15) is 25.7 Å². The maximum Gasteiger partial charge on any atom is 0.211 e. The van der Waals surface area contributed by atoms with Crippen LogP contribution in [0.3, 0.4) is 0 Å². The highest BCUT2D eigenvalue weighted by Crippen LogP contribution is 2.23. The van der Waals surface area contributed by atoms with E-state index in [1.807, 2.05) is 0 Å². The van der Waals surface area contributed by atoms with Gasteiger partial charge in [-0.25, -0.2) is 12.7 Å². The van der Waals surface area contributed by atoms with Crippen molar-refractivity contribution in [2.45, 2.75) is 25.7 Å². The minimum atomic E-state index is -3.06. The van der Waals surface area contributed by atoms with E-state index in [1.54, 1.807) is 4.31 Å². The SMILES string of the molecule is CS(=O)(=O)N1CCCC(CN2CCCC(C(=N)N)C2)C1. The molecular formula is C13H26N4O2S. The molecule has 0 spiro atoms. The van der Waals surface area contributed by atoms with E-state index in [-0.39, 0.29) is 11.8 Å². The van der Waals surface area contributed by atoms with Gasteiger partial charge in [0.05, 0.1) is 12.1 Å². The van der Waals surface area contributed by atoms with Gasteiger partial charge in [0, 0.05) is 32.1 Å². The molecule has 2 rings (SSSR count). The van der Waals surface area contributed by atoms with E-state index >= 15 is 0 Å². The normalized spacial score (nSPS) is 30.2. The van der Waals surface area contributed by atoms with Gasteiger partial charge in [-0.1, -0.05) is 0 Å². The number of nitrogens with one attached hydrogen (secondary N) is 1. The molecule has 6 nitrogen and oxygen atoms in total. The zero-order valence-electron chi connectivity index (χ0n) is 12.2. The van der Waals surface area contributed by atoms with Gasteiger partial charge in [-0.2, -0.15) is 0 Å². The van der Waals surface area contributed by atoms with Crippen molar-refractivity contribution in [3.63, 3.8) is 0 Å². The quantitative estimate of drug-likeness (QED) is 0.577. The third-order valence-corrected chi connectivity index (χ3v) is 5.68. The second kappa shape index (κ2) is 6.41.